The van der Waals surface area contributed by atoms with Crippen LogP contribution in [0.5, 0.6) is 11.5 Å². The minimum absolute atomic E-state index is 0.188. The fourth-order valence-corrected chi connectivity index (χ4v) is 3.25. The zero-order valence-electron chi connectivity index (χ0n) is 17.0. The van der Waals surface area contributed by atoms with Gasteiger partial charge >= 0.3 is 0 Å². The molecule has 30 heavy (non-hydrogen) atoms. The average molecular weight is 399 g/mol. The van der Waals surface area contributed by atoms with Gasteiger partial charge in [0.2, 0.25) is 5.89 Å². The Morgan fingerprint density at radius 2 is 1.70 bits per heavy atom. The first-order chi connectivity index (χ1) is 14.6. The lowest BCUT2D eigenvalue weighted by atomic mass is 9.99. The van der Waals surface area contributed by atoms with Crippen molar-refractivity contribution in [1.29, 1.82) is 0 Å². The monoisotopic (exact) mass is 399 g/mol. The van der Waals surface area contributed by atoms with Gasteiger partial charge in [0.25, 0.3) is 0 Å². The molecule has 0 aliphatic heterocycles. The number of hydrogen-bond donors (Lipinski definition) is 0. The van der Waals surface area contributed by atoms with Crippen LogP contribution >= 0.6 is 0 Å². The summed E-state index contributed by atoms with van der Waals surface area (Å²) < 4.78 is 16.9. The molecule has 4 rings (SSSR count). The molecule has 0 amide bonds. The molecule has 0 atom stereocenters. The normalized spacial score (nSPS) is 11.5. The Balaban J connectivity index is 1.90. The third-order valence-corrected chi connectivity index (χ3v) is 4.82. The molecule has 0 bridgehead atoms. The Labute approximate surface area is 174 Å². The van der Waals surface area contributed by atoms with E-state index in [9.17, 15) is 4.79 Å². The predicted molar refractivity (Wildman–Crippen MR) is 117 cm³/mol. The summed E-state index contributed by atoms with van der Waals surface area (Å²) in [6.45, 7) is 1.98. The number of carbonyl (C=O) groups is 1. The zero-order chi connectivity index (χ0) is 21.1. The van der Waals surface area contributed by atoms with Crippen molar-refractivity contribution in [3.05, 3.63) is 89.3 Å². The van der Waals surface area contributed by atoms with E-state index in [1.165, 1.54) is 0 Å². The molecule has 0 fully saturated rings. The van der Waals surface area contributed by atoms with Crippen LogP contribution in [0.25, 0.3) is 22.7 Å². The van der Waals surface area contributed by atoms with Gasteiger partial charge < -0.3 is 13.9 Å². The SMILES string of the molecule is COc1cccc(C=C(C(=O)c2ccc(C)cc2)c2nc3ccccc3o2)c1OC. The number of hydrogen-bond acceptors (Lipinski definition) is 5. The number of methoxy groups -OCH3 is 2. The van der Waals surface area contributed by atoms with Crippen LogP contribution in [0.1, 0.15) is 27.4 Å². The largest absolute Gasteiger partial charge is 0.493 e. The number of oxazole rings is 1. The summed E-state index contributed by atoms with van der Waals surface area (Å²) in [6, 6.07) is 20.3. The van der Waals surface area contributed by atoms with Gasteiger partial charge in [-0.1, -0.05) is 54.1 Å². The summed E-state index contributed by atoms with van der Waals surface area (Å²) in [4.78, 5) is 18.0. The van der Waals surface area contributed by atoms with Crippen LogP contribution in [0.15, 0.2) is 71.1 Å². The highest BCUT2D eigenvalue weighted by molar-refractivity contribution is 6.31. The fraction of sp³-hybridized carbons (Fsp3) is 0.120. The number of aromatic nitrogens is 1. The van der Waals surface area contributed by atoms with Gasteiger partial charge in [0, 0.05) is 11.1 Å². The van der Waals surface area contributed by atoms with Crippen LogP contribution in [-0.2, 0) is 0 Å². The zero-order valence-corrected chi connectivity index (χ0v) is 17.0. The maximum atomic E-state index is 13.5. The first-order valence-electron chi connectivity index (χ1n) is 9.50. The molecule has 5 heteroatoms. The van der Waals surface area contributed by atoms with E-state index in [1.54, 1.807) is 38.5 Å². The van der Waals surface area contributed by atoms with Crippen LogP contribution in [0.2, 0.25) is 0 Å². The second-order valence-corrected chi connectivity index (χ2v) is 6.82. The fourth-order valence-electron chi connectivity index (χ4n) is 3.25. The molecule has 0 saturated heterocycles. The Morgan fingerprint density at radius 3 is 2.40 bits per heavy atom. The van der Waals surface area contributed by atoms with E-state index >= 15 is 0 Å². The highest BCUT2D eigenvalue weighted by Gasteiger charge is 2.21. The molecular weight excluding hydrogens is 378 g/mol. The van der Waals surface area contributed by atoms with Crippen molar-refractivity contribution in [3.8, 4) is 11.5 Å². The van der Waals surface area contributed by atoms with Crippen LogP contribution in [0, 0.1) is 6.92 Å². The molecular formula is C25H21NO4. The molecule has 0 aliphatic rings. The molecule has 0 aliphatic carbocycles. The summed E-state index contributed by atoms with van der Waals surface area (Å²) in [7, 11) is 3.14. The summed E-state index contributed by atoms with van der Waals surface area (Å²) in [5.41, 5.74) is 3.96. The van der Waals surface area contributed by atoms with Crippen LogP contribution in [-0.4, -0.2) is 25.0 Å². The van der Waals surface area contributed by atoms with Crippen molar-refractivity contribution in [2.75, 3.05) is 14.2 Å². The number of rotatable bonds is 6. The standard InChI is InChI=1S/C25H21NO4/c1-16-11-13-17(14-12-16)23(27)19(25-26-20-8-4-5-9-21(20)30-25)15-18-7-6-10-22(28-2)24(18)29-3/h4-15H,1-3H3. The number of nitrogens with zero attached hydrogens (tertiary/aromatic N) is 1. The van der Waals surface area contributed by atoms with Gasteiger partial charge in [-0.05, 0) is 31.2 Å². The number of Topliss-reactive ketones (excluding diaryl/α,β-unsaturated/α-hetero) is 1. The molecule has 1 aromatic heterocycles. The van der Waals surface area contributed by atoms with Crippen molar-refractivity contribution in [3.63, 3.8) is 0 Å². The van der Waals surface area contributed by atoms with Crippen LogP contribution < -0.4 is 9.47 Å². The van der Waals surface area contributed by atoms with E-state index in [0.717, 1.165) is 5.56 Å². The highest BCUT2D eigenvalue weighted by atomic mass is 16.5. The number of allylic oxidation sites excluding steroid dienone is 1. The van der Waals surface area contributed by atoms with Crippen LogP contribution in [0.4, 0.5) is 0 Å². The number of fused-ring (bicyclic) bond motifs is 1. The summed E-state index contributed by atoms with van der Waals surface area (Å²) in [5.74, 6) is 1.18. The topological polar surface area (TPSA) is 61.6 Å². The van der Waals surface area contributed by atoms with E-state index in [1.807, 2.05) is 55.5 Å². The number of benzene rings is 3. The predicted octanol–water partition coefficient (Wildman–Crippen LogP) is 5.58. The van der Waals surface area contributed by atoms with Gasteiger partial charge in [-0.3, -0.25) is 4.79 Å². The molecule has 4 aromatic rings. The molecule has 0 spiro atoms. The van der Waals surface area contributed by atoms with Gasteiger partial charge in [0.1, 0.15) is 5.52 Å². The third kappa shape index (κ3) is 3.70. The summed E-state index contributed by atoms with van der Waals surface area (Å²) in [6.07, 6.45) is 1.73. The van der Waals surface area contributed by atoms with E-state index in [-0.39, 0.29) is 11.7 Å². The third-order valence-electron chi connectivity index (χ3n) is 4.82. The lowest BCUT2D eigenvalue weighted by molar-refractivity contribution is 0.105. The Bertz CT molecular complexity index is 1200. The van der Waals surface area contributed by atoms with Gasteiger partial charge in [-0.25, -0.2) is 4.98 Å². The smallest absolute Gasteiger partial charge is 0.231 e. The number of ether oxygens (including phenoxy) is 2. The van der Waals surface area contributed by atoms with E-state index < -0.39 is 0 Å². The second kappa shape index (κ2) is 8.25. The van der Waals surface area contributed by atoms with Gasteiger partial charge in [-0.15, -0.1) is 0 Å². The van der Waals surface area contributed by atoms with Crippen LogP contribution in [0.3, 0.4) is 0 Å². The Hall–Kier alpha value is -3.86. The molecule has 1 heterocycles. The van der Waals surface area contributed by atoms with E-state index in [2.05, 4.69) is 4.98 Å². The summed E-state index contributed by atoms with van der Waals surface area (Å²) in [5, 5.41) is 0. The molecule has 0 saturated carbocycles. The Morgan fingerprint density at radius 1 is 0.933 bits per heavy atom. The molecule has 0 unspecified atom stereocenters. The van der Waals surface area contributed by atoms with Crippen molar-refractivity contribution in [1.82, 2.24) is 4.98 Å². The number of ketones is 1. The van der Waals surface area contributed by atoms with Crippen molar-refractivity contribution in [2.24, 2.45) is 0 Å². The number of aryl methyl sites for hydroxylation is 1. The minimum Gasteiger partial charge on any atom is -0.493 e. The quantitative estimate of drug-likeness (QED) is 0.313. The maximum Gasteiger partial charge on any atom is 0.231 e. The molecule has 0 N–H and O–H groups in total. The van der Waals surface area contributed by atoms with Crippen molar-refractivity contribution in [2.45, 2.75) is 6.92 Å². The second-order valence-electron chi connectivity index (χ2n) is 6.82. The van der Waals surface area contributed by atoms with Gasteiger partial charge in [-0.2, -0.15) is 0 Å². The number of carbonyl (C=O) groups excluding carboxylic acids is 1. The minimum atomic E-state index is -0.188. The summed E-state index contributed by atoms with van der Waals surface area (Å²) >= 11 is 0. The first-order valence-corrected chi connectivity index (χ1v) is 9.50. The molecule has 150 valence electrons. The van der Waals surface area contributed by atoms with E-state index in [4.69, 9.17) is 13.9 Å². The molecule has 3 aromatic carbocycles. The first kappa shape index (κ1) is 19.5. The van der Waals surface area contributed by atoms with Gasteiger partial charge in [0.15, 0.2) is 22.9 Å². The maximum absolute atomic E-state index is 13.5. The number of para-hydroxylation sites is 3. The van der Waals surface area contributed by atoms with Gasteiger partial charge in [0.05, 0.1) is 19.8 Å². The highest BCUT2D eigenvalue weighted by Crippen LogP contribution is 2.34. The average Bonchev–Trinajstić information content (AvgIpc) is 3.21. The van der Waals surface area contributed by atoms with Crippen molar-refractivity contribution >= 4 is 28.5 Å². The van der Waals surface area contributed by atoms with E-state index in [0.29, 0.717) is 39.3 Å². The molecule has 5 nitrogen and oxygen atoms in total. The lowest BCUT2D eigenvalue weighted by Gasteiger charge is -2.11. The van der Waals surface area contributed by atoms with Crippen molar-refractivity contribution < 1.29 is 18.7 Å². The lowest BCUT2D eigenvalue weighted by Crippen LogP contribution is -2.04. The Kier molecular flexibility index (Phi) is 5.35. The molecule has 0 radical (unpaired) electrons.